The van der Waals surface area contributed by atoms with Crippen LogP contribution in [0.15, 0.2) is 63.8 Å². The zero-order chi connectivity index (χ0) is 16.4. The van der Waals surface area contributed by atoms with Crippen LogP contribution in [0.3, 0.4) is 0 Å². The number of anilines is 1. The van der Waals surface area contributed by atoms with Crippen LogP contribution in [-0.2, 0) is 0 Å². The number of carbonyl (C=O) groups excluding carboxylic acids is 1. The maximum atomic E-state index is 12.4. The molecule has 23 heavy (non-hydrogen) atoms. The Bertz CT molecular complexity index is 925. The van der Waals surface area contributed by atoms with E-state index in [1.807, 2.05) is 30.3 Å². The Balaban J connectivity index is 1.97. The first kappa shape index (κ1) is 15.0. The van der Waals surface area contributed by atoms with E-state index < -0.39 is 11.5 Å². The lowest BCUT2D eigenvalue weighted by molar-refractivity contribution is 0.0993. The first-order valence-corrected chi connectivity index (χ1v) is 7.49. The molecule has 0 unspecified atom stereocenters. The molecule has 0 fully saturated rings. The van der Waals surface area contributed by atoms with Crippen molar-refractivity contribution in [2.75, 3.05) is 5.32 Å². The Morgan fingerprint density at radius 2 is 1.74 bits per heavy atom. The predicted molar refractivity (Wildman–Crippen MR) is 91.0 cm³/mol. The molecule has 0 bridgehead atoms. The van der Waals surface area contributed by atoms with Gasteiger partial charge in [-0.3, -0.25) is 4.79 Å². The second kappa shape index (κ2) is 6.08. The van der Waals surface area contributed by atoms with Crippen LogP contribution >= 0.6 is 0 Å². The molecule has 0 aliphatic heterocycles. The lowest BCUT2D eigenvalue weighted by atomic mass is 10.0. The van der Waals surface area contributed by atoms with Crippen molar-refractivity contribution in [3.8, 4) is 0 Å². The van der Waals surface area contributed by atoms with E-state index in [9.17, 15) is 9.59 Å². The minimum absolute atomic E-state index is 0.00672. The van der Waals surface area contributed by atoms with E-state index in [0.717, 1.165) is 11.3 Å². The summed E-state index contributed by atoms with van der Waals surface area (Å²) in [6.45, 7) is 4.11. The summed E-state index contributed by atoms with van der Waals surface area (Å²) in [6.07, 6.45) is 0. The SMILES string of the molecule is CC(C)c1ccccc1NC(=O)c1cc2ccccc2c(=O)o1. The minimum Gasteiger partial charge on any atom is -0.417 e. The van der Waals surface area contributed by atoms with E-state index in [-0.39, 0.29) is 11.7 Å². The molecule has 3 rings (SSSR count). The molecule has 3 aromatic rings. The van der Waals surface area contributed by atoms with Gasteiger partial charge in [0.25, 0.3) is 5.91 Å². The summed E-state index contributed by atoms with van der Waals surface area (Å²) in [5.74, 6) is -0.150. The zero-order valence-electron chi connectivity index (χ0n) is 13.0. The van der Waals surface area contributed by atoms with Gasteiger partial charge < -0.3 is 9.73 Å². The number of hydrogen-bond acceptors (Lipinski definition) is 3. The van der Waals surface area contributed by atoms with Gasteiger partial charge in [-0.25, -0.2) is 4.79 Å². The molecule has 1 amide bonds. The second-order valence-electron chi connectivity index (χ2n) is 5.68. The minimum atomic E-state index is -0.509. The molecule has 0 spiro atoms. The molecular formula is C19H17NO3. The number of amides is 1. The fraction of sp³-hybridized carbons (Fsp3) is 0.158. The molecule has 1 heterocycles. The maximum absolute atomic E-state index is 12.4. The molecule has 1 N–H and O–H groups in total. The van der Waals surface area contributed by atoms with Gasteiger partial charge in [0.2, 0.25) is 0 Å². The average molecular weight is 307 g/mol. The van der Waals surface area contributed by atoms with Crippen LogP contribution in [0.5, 0.6) is 0 Å². The van der Waals surface area contributed by atoms with Crippen molar-refractivity contribution >= 4 is 22.4 Å². The van der Waals surface area contributed by atoms with Gasteiger partial charge in [0.1, 0.15) is 0 Å². The normalized spacial score (nSPS) is 10.9. The van der Waals surface area contributed by atoms with Gasteiger partial charge >= 0.3 is 5.63 Å². The van der Waals surface area contributed by atoms with Crippen LogP contribution < -0.4 is 10.9 Å². The Morgan fingerprint density at radius 3 is 2.52 bits per heavy atom. The van der Waals surface area contributed by atoms with E-state index in [2.05, 4.69) is 19.2 Å². The van der Waals surface area contributed by atoms with E-state index in [1.54, 1.807) is 24.3 Å². The lowest BCUT2D eigenvalue weighted by Crippen LogP contribution is -2.16. The molecule has 0 aliphatic carbocycles. The van der Waals surface area contributed by atoms with Crippen molar-refractivity contribution in [3.63, 3.8) is 0 Å². The third-order valence-electron chi connectivity index (χ3n) is 3.72. The highest BCUT2D eigenvalue weighted by Crippen LogP contribution is 2.24. The molecule has 116 valence electrons. The van der Waals surface area contributed by atoms with Gasteiger partial charge in [-0.05, 0) is 35.1 Å². The molecule has 4 nitrogen and oxygen atoms in total. The number of fused-ring (bicyclic) bond motifs is 1. The summed E-state index contributed by atoms with van der Waals surface area (Å²) in [7, 11) is 0. The summed E-state index contributed by atoms with van der Waals surface area (Å²) in [6, 6.07) is 16.2. The number of carbonyl (C=O) groups is 1. The van der Waals surface area contributed by atoms with Gasteiger partial charge in [-0.15, -0.1) is 0 Å². The number of rotatable bonds is 3. The highest BCUT2D eigenvalue weighted by Gasteiger charge is 2.14. The lowest BCUT2D eigenvalue weighted by Gasteiger charge is -2.13. The molecule has 1 aromatic heterocycles. The van der Waals surface area contributed by atoms with Gasteiger partial charge in [0.05, 0.1) is 5.39 Å². The van der Waals surface area contributed by atoms with E-state index >= 15 is 0 Å². The standard InChI is InChI=1S/C19H17NO3/c1-12(2)14-8-5-6-10-16(14)20-18(21)17-11-13-7-3-4-9-15(13)19(22)23-17/h3-12H,1-2H3,(H,20,21). The third-order valence-corrected chi connectivity index (χ3v) is 3.72. The largest absolute Gasteiger partial charge is 0.417 e. The van der Waals surface area contributed by atoms with E-state index in [1.165, 1.54) is 0 Å². The summed E-state index contributed by atoms with van der Waals surface area (Å²) in [5, 5.41) is 3.98. The quantitative estimate of drug-likeness (QED) is 0.790. The Kier molecular flexibility index (Phi) is 3.98. The first-order valence-electron chi connectivity index (χ1n) is 7.49. The topological polar surface area (TPSA) is 59.3 Å². The Labute approximate surface area is 133 Å². The maximum Gasteiger partial charge on any atom is 0.344 e. The number of benzene rings is 2. The van der Waals surface area contributed by atoms with Crippen LogP contribution in [-0.4, -0.2) is 5.91 Å². The van der Waals surface area contributed by atoms with E-state index in [4.69, 9.17) is 4.42 Å². The number of nitrogens with one attached hydrogen (secondary N) is 1. The van der Waals surface area contributed by atoms with Crippen molar-refractivity contribution in [2.24, 2.45) is 0 Å². The van der Waals surface area contributed by atoms with Gasteiger partial charge in [0, 0.05) is 5.69 Å². The van der Waals surface area contributed by atoms with Crippen molar-refractivity contribution in [1.29, 1.82) is 0 Å². The van der Waals surface area contributed by atoms with Crippen LogP contribution in [0.25, 0.3) is 10.8 Å². The second-order valence-corrected chi connectivity index (χ2v) is 5.68. The monoisotopic (exact) mass is 307 g/mol. The summed E-state index contributed by atoms with van der Waals surface area (Å²) in [5.41, 5.74) is 1.25. The molecule has 4 heteroatoms. The molecule has 0 atom stereocenters. The van der Waals surface area contributed by atoms with Crippen molar-refractivity contribution in [3.05, 3.63) is 76.3 Å². The molecule has 0 saturated heterocycles. The fourth-order valence-electron chi connectivity index (χ4n) is 2.54. The van der Waals surface area contributed by atoms with Crippen LogP contribution in [0.1, 0.15) is 35.9 Å². The van der Waals surface area contributed by atoms with Crippen molar-refractivity contribution in [2.45, 2.75) is 19.8 Å². The Morgan fingerprint density at radius 1 is 1.04 bits per heavy atom. The van der Waals surface area contributed by atoms with Crippen LogP contribution in [0.4, 0.5) is 5.69 Å². The van der Waals surface area contributed by atoms with Crippen LogP contribution in [0.2, 0.25) is 0 Å². The smallest absolute Gasteiger partial charge is 0.344 e. The van der Waals surface area contributed by atoms with Crippen molar-refractivity contribution in [1.82, 2.24) is 0 Å². The van der Waals surface area contributed by atoms with Crippen molar-refractivity contribution < 1.29 is 9.21 Å². The van der Waals surface area contributed by atoms with Gasteiger partial charge in [-0.1, -0.05) is 50.2 Å². The molecule has 0 radical (unpaired) electrons. The zero-order valence-corrected chi connectivity index (χ0v) is 13.0. The summed E-state index contributed by atoms with van der Waals surface area (Å²) < 4.78 is 5.16. The van der Waals surface area contributed by atoms with Gasteiger partial charge in [-0.2, -0.15) is 0 Å². The molecular weight excluding hydrogens is 290 g/mol. The molecule has 2 aromatic carbocycles. The van der Waals surface area contributed by atoms with Gasteiger partial charge in [0.15, 0.2) is 5.76 Å². The fourth-order valence-corrected chi connectivity index (χ4v) is 2.54. The highest BCUT2D eigenvalue weighted by atomic mass is 16.4. The first-order chi connectivity index (χ1) is 11.1. The predicted octanol–water partition coefficient (Wildman–Crippen LogP) is 4.17. The van der Waals surface area contributed by atoms with Crippen LogP contribution in [0, 0.1) is 0 Å². The summed E-state index contributed by atoms with van der Waals surface area (Å²) in [4.78, 5) is 24.4. The highest BCUT2D eigenvalue weighted by molar-refractivity contribution is 6.04. The molecule has 0 aliphatic rings. The average Bonchev–Trinajstić information content (AvgIpc) is 2.55. The number of para-hydroxylation sites is 1. The summed E-state index contributed by atoms with van der Waals surface area (Å²) >= 11 is 0. The Hall–Kier alpha value is -2.88. The molecule has 0 saturated carbocycles. The third kappa shape index (κ3) is 3.01. The van der Waals surface area contributed by atoms with E-state index in [0.29, 0.717) is 10.8 Å². The number of hydrogen-bond donors (Lipinski definition) is 1.